The number of pyridine rings is 2. The van der Waals surface area contributed by atoms with Crippen molar-refractivity contribution in [3.05, 3.63) is 82.3 Å². The van der Waals surface area contributed by atoms with Crippen LogP contribution in [0.15, 0.2) is 55.0 Å². The predicted molar refractivity (Wildman–Crippen MR) is 224 cm³/mol. The molecule has 60 heavy (non-hydrogen) atoms. The molecule has 3 aliphatic heterocycles. The summed E-state index contributed by atoms with van der Waals surface area (Å²) in [7, 11) is 1.87. The minimum atomic E-state index is -0.638. The van der Waals surface area contributed by atoms with E-state index in [1.165, 1.54) is 0 Å². The van der Waals surface area contributed by atoms with Crippen LogP contribution >= 0.6 is 11.3 Å². The first kappa shape index (κ1) is 39.0. The van der Waals surface area contributed by atoms with E-state index in [1.807, 2.05) is 54.3 Å². The lowest BCUT2D eigenvalue weighted by atomic mass is 9.86. The van der Waals surface area contributed by atoms with Crippen molar-refractivity contribution in [1.82, 2.24) is 45.2 Å². The van der Waals surface area contributed by atoms with Gasteiger partial charge in [0.25, 0.3) is 5.91 Å². The van der Waals surface area contributed by atoms with Crippen LogP contribution in [0, 0.1) is 29.1 Å². The Morgan fingerprint density at radius 3 is 2.57 bits per heavy atom. The average molecular weight is 822 g/mol. The number of hydrogen-bond acceptors (Lipinski definition) is 12. The summed E-state index contributed by atoms with van der Waals surface area (Å²) in [5.41, 5.74) is 5.21. The van der Waals surface area contributed by atoms with Crippen LogP contribution in [0.25, 0.3) is 27.4 Å². The van der Waals surface area contributed by atoms with Crippen LogP contribution in [-0.2, 0) is 20.9 Å². The number of amides is 4. The number of nitrogens with zero attached hydrogens (tertiary/aromatic N) is 8. The zero-order chi connectivity index (χ0) is 41.3. The maximum Gasteiger partial charge on any atom is 0.255 e. The maximum atomic E-state index is 13.3. The number of piperidine rings is 2. The van der Waals surface area contributed by atoms with Crippen molar-refractivity contribution in [2.24, 2.45) is 5.92 Å². The molecule has 4 amide bonds. The van der Waals surface area contributed by atoms with Gasteiger partial charge in [-0.3, -0.25) is 34.0 Å². The summed E-state index contributed by atoms with van der Waals surface area (Å²) in [6.45, 7) is 2.52. The number of fused-ring (bicyclic) bond motifs is 2. The fourth-order valence-corrected chi connectivity index (χ4v) is 9.83. The summed E-state index contributed by atoms with van der Waals surface area (Å²) in [5, 5.41) is 30.1. The van der Waals surface area contributed by atoms with Crippen LogP contribution in [0.2, 0.25) is 0 Å². The van der Waals surface area contributed by atoms with Gasteiger partial charge in [-0.1, -0.05) is 23.2 Å². The number of anilines is 1. The number of aromatic nitrogens is 5. The Hall–Kier alpha value is -6.49. The van der Waals surface area contributed by atoms with Crippen LogP contribution in [-0.4, -0.2) is 96.9 Å². The first-order chi connectivity index (χ1) is 29.2. The molecule has 2 saturated heterocycles. The summed E-state index contributed by atoms with van der Waals surface area (Å²) in [5.74, 6) is 6.72. The highest BCUT2D eigenvalue weighted by atomic mass is 32.1. The lowest BCUT2D eigenvalue weighted by molar-refractivity contribution is -0.137. The molecule has 1 saturated carbocycles. The molecule has 3 N–H and O–H groups in total. The van der Waals surface area contributed by atoms with Crippen LogP contribution in [0.4, 0.5) is 5.69 Å². The zero-order valence-electron chi connectivity index (χ0n) is 33.1. The normalized spacial score (nSPS) is 20.9. The molecule has 0 bridgehead atoms. The van der Waals surface area contributed by atoms with Gasteiger partial charge in [-0.25, -0.2) is 9.97 Å². The van der Waals surface area contributed by atoms with Gasteiger partial charge in [-0.2, -0.15) is 5.26 Å². The fourth-order valence-electron chi connectivity index (χ4n) is 8.79. The number of imide groups is 1. The van der Waals surface area contributed by atoms with E-state index in [2.05, 4.69) is 53.9 Å². The van der Waals surface area contributed by atoms with Crippen molar-refractivity contribution in [3.63, 3.8) is 0 Å². The first-order valence-corrected chi connectivity index (χ1v) is 21.2. The highest BCUT2D eigenvalue weighted by Gasteiger charge is 2.39. The topological polar surface area (TPSA) is 191 Å². The second kappa shape index (κ2) is 16.6. The Labute approximate surface area is 350 Å². The molecule has 16 heteroatoms. The van der Waals surface area contributed by atoms with Crippen molar-refractivity contribution in [2.45, 2.75) is 75.9 Å². The molecule has 0 radical (unpaired) electrons. The minimum absolute atomic E-state index is 0.00972. The third-order valence-electron chi connectivity index (χ3n) is 12.2. The van der Waals surface area contributed by atoms with Crippen molar-refractivity contribution in [1.29, 1.82) is 5.26 Å². The van der Waals surface area contributed by atoms with Crippen LogP contribution in [0.1, 0.15) is 89.3 Å². The third-order valence-corrected chi connectivity index (χ3v) is 13.3. The minimum Gasteiger partial charge on any atom is -0.387 e. The van der Waals surface area contributed by atoms with Crippen molar-refractivity contribution in [3.8, 4) is 34.3 Å². The van der Waals surface area contributed by atoms with Crippen LogP contribution < -0.4 is 16.0 Å². The van der Waals surface area contributed by atoms with E-state index in [4.69, 9.17) is 4.98 Å². The van der Waals surface area contributed by atoms with Crippen molar-refractivity contribution in [2.75, 3.05) is 32.0 Å². The quantitative estimate of drug-likeness (QED) is 0.147. The van der Waals surface area contributed by atoms with Gasteiger partial charge in [0.15, 0.2) is 5.01 Å². The molecule has 5 aromatic rings. The SMILES string of the molecule is CNc1cc(-n2ccc3cc(C#N)cnc32)ncc1-c1nnc(C2CCC(NC(=O)C3CCN(CC#Cc4ccc5c(c4)CN(C4CCC(=O)NC4=O)C5=O)CC3)CC2)s1. The molecule has 4 aliphatic rings. The standard InChI is InChI=1S/C44H43N11O4S/c1-46-35-21-37(54-18-14-30-20-27(22-45)23-48-39(30)54)47-24-34(35)43-52-51-42(60-43)29-5-7-32(8-6-29)49-40(57)28-12-16-53(17-13-28)15-2-3-26-4-9-33-31(19-26)25-55(44(33)59)36-10-11-38(56)50-41(36)58/h4,9,14,18-21,23-24,28-29,32,36H,5-8,10-13,15-17,25H2,1H3,(H,46,47)(H,49,57)(H,50,56,58). The average Bonchev–Trinajstić information content (AvgIpc) is 4.01. The molecule has 15 nitrogen and oxygen atoms in total. The first-order valence-electron chi connectivity index (χ1n) is 20.4. The van der Waals surface area contributed by atoms with Gasteiger partial charge in [0.2, 0.25) is 17.7 Å². The van der Waals surface area contributed by atoms with E-state index in [0.717, 1.165) is 95.0 Å². The Kier molecular flexibility index (Phi) is 10.8. The predicted octanol–water partition coefficient (Wildman–Crippen LogP) is 4.52. The Bertz CT molecular complexity index is 2620. The van der Waals surface area contributed by atoms with E-state index in [1.54, 1.807) is 28.5 Å². The van der Waals surface area contributed by atoms with Gasteiger partial charge >= 0.3 is 0 Å². The van der Waals surface area contributed by atoms with Crippen molar-refractivity contribution < 1.29 is 19.2 Å². The second-order valence-corrected chi connectivity index (χ2v) is 16.9. The smallest absolute Gasteiger partial charge is 0.255 e. The summed E-state index contributed by atoms with van der Waals surface area (Å²) in [6.07, 6.45) is 11.1. The summed E-state index contributed by atoms with van der Waals surface area (Å²) in [4.78, 5) is 63.3. The molecular formula is C44H43N11O4S. The van der Waals surface area contributed by atoms with E-state index >= 15 is 0 Å². The second-order valence-electron chi connectivity index (χ2n) is 15.9. The lowest BCUT2D eigenvalue weighted by Gasteiger charge is -2.32. The Balaban J connectivity index is 0.729. The van der Waals surface area contributed by atoms with Gasteiger partial charge in [0, 0.05) is 84.7 Å². The highest BCUT2D eigenvalue weighted by molar-refractivity contribution is 7.14. The molecule has 1 aliphatic carbocycles. The van der Waals surface area contributed by atoms with Gasteiger partial charge in [-0.05, 0) is 93.9 Å². The molecule has 0 spiro atoms. The summed E-state index contributed by atoms with van der Waals surface area (Å²) in [6, 6.07) is 12.9. The largest absolute Gasteiger partial charge is 0.387 e. The number of carbonyl (C=O) groups excluding carboxylic acids is 4. The van der Waals surface area contributed by atoms with E-state index in [0.29, 0.717) is 42.4 Å². The van der Waals surface area contributed by atoms with E-state index in [9.17, 15) is 24.4 Å². The van der Waals surface area contributed by atoms with Crippen molar-refractivity contribution >= 4 is 51.7 Å². The van der Waals surface area contributed by atoms with Crippen LogP contribution in [0.5, 0.6) is 0 Å². The maximum absolute atomic E-state index is 13.3. The monoisotopic (exact) mass is 821 g/mol. The fraction of sp³-hybridized carbons (Fsp3) is 0.386. The van der Waals surface area contributed by atoms with Crippen LogP contribution in [0.3, 0.4) is 0 Å². The molecule has 7 heterocycles. The zero-order valence-corrected chi connectivity index (χ0v) is 33.9. The van der Waals surface area contributed by atoms with Gasteiger partial charge in [0.1, 0.15) is 28.6 Å². The molecule has 304 valence electrons. The highest BCUT2D eigenvalue weighted by Crippen LogP contribution is 2.39. The molecule has 3 fully saturated rings. The van der Waals surface area contributed by atoms with Gasteiger partial charge in [0.05, 0.1) is 17.7 Å². The molecular weight excluding hydrogens is 779 g/mol. The molecule has 4 aromatic heterocycles. The summed E-state index contributed by atoms with van der Waals surface area (Å²) < 4.78 is 1.90. The third kappa shape index (κ3) is 7.84. The van der Waals surface area contributed by atoms with Gasteiger partial charge in [-0.15, -0.1) is 10.2 Å². The Morgan fingerprint density at radius 1 is 0.950 bits per heavy atom. The Morgan fingerprint density at radius 2 is 1.78 bits per heavy atom. The molecule has 1 atom stereocenters. The number of benzene rings is 1. The molecule has 1 unspecified atom stereocenters. The number of likely N-dealkylation sites (tertiary alicyclic amines) is 1. The lowest BCUT2D eigenvalue weighted by Crippen LogP contribution is -2.52. The number of hydrogen-bond donors (Lipinski definition) is 3. The number of rotatable bonds is 8. The molecule has 9 rings (SSSR count). The van der Waals surface area contributed by atoms with E-state index < -0.39 is 11.9 Å². The summed E-state index contributed by atoms with van der Waals surface area (Å²) >= 11 is 1.60. The number of nitriles is 1. The van der Waals surface area contributed by atoms with Gasteiger partial charge < -0.3 is 15.5 Å². The number of nitrogens with one attached hydrogen (secondary N) is 3. The number of carbonyl (C=O) groups is 4. The van der Waals surface area contributed by atoms with E-state index in [-0.39, 0.29) is 36.1 Å². The molecule has 1 aromatic carbocycles.